The summed E-state index contributed by atoms with van der Waals surface area (Å²) < 4.78 is 31.4. The minimum atomic E-state index is -2.49. The summed E-state index contributed by atoms with van der Waals surface area (Å²) >= 11 is 0. The molecule has 1 saturated carbocycles. The Labute approximate surface area is 121 Å². The van der Waals surface area contributed by atoms with E-state index in [1.54, 1.807) is 6.92 Å². The summed E-state index contributed by atoms with van der Waals surface area (Å²) in [4.78, 5) is 11.2. The van der Waals surface area contributed by atoms with Gasteiger partial charge in [-0.25, -0.2) is 8.78 Å². The van der Waals surface area contributed by atoms with Crippen molar-refractivity contribution in [2.75, 3.05) is 6.73 Å². The number of alkyl halides is 2. The Kier molecular flexibility index (Phi) is 3.77. The molecule has 0 atom stereocenters. The van der Waals surface area contributed by atoms with Crippen LogP contribution < -0.4 is 0 Å². The second-order valence-electron chi connectivity index (χ2n) is 5.70. The van der Waals surface area contributed by atoms with Gasteiger partial charge in [-0.3, -0.25) is 0 Å². The highest BCUT2D eigenvalue weighted by Crippen LogP contribution is 2.38. The van der Waals surface area contributed by atoms with Crippen molar-refractivity contribution in [3.8, 4) is 0 Å². The number of nitrogens with zero attached hydrogens (tertiary/aromatic N) is 4. The van der Waals surface area contributed by atoms with Gasteiger partial charge in [0, 0.05) is 19.3 Å². The Morgan fingerprint density at radius 1 is 1.33 bits per heavy atom. The molecule has 1 aromatic heterocycles. The largest absolute Gasteiger partial charge is 0.372 e. The van der Waals surface area contributed by atoms with E-state index in [0.29, 0.717) is 44.3 Å². The first kappa shape index (κ1) is 14.2. The molecular weight excluding hydrogens is 282 g/mol. The standard InChI is InChI=1S/C13H18F2N4O2/c1-9-16-12(21-17-9)7-19-8-20-18-11(19)6-10-2-4-13(14,15)5-3-10/h10H,2-8H2,1H3. The topological polar surface area (TPSA) is 63.8 Å². The fraction of sp³-hybridized carbons (Fsp3) is 0.769. The minimum absolute atomic E-state index is 0.0331. The molecule has 0 amide bonds. The Morgan fingerprint density at radius 2 is 2.10 bits per heavy atom. The maximum atomic E-state index is 13.2. The lowest BCUT2D eigenvalue weighted by molar-refractivity contribution is -0.0451. The number of aryl methyl sites for hydroxylation is 1. The molecule has 1 aromatic rings. The third-order valence-electron chi connectivity index (χ3n) is 3.95. The molecule has 21 heavy (non-hydrogen) atoms. The summed E-state index contributed by atoms with van der Waals surface area (Å²) in [5, 5.41) is 7.75. The summed E-state index contributed by atoms with van der Waals surface area (Å²) in [6.45, 7) is 2.52. The van der Waals surface area contributed by atoms with E-state index in [1.165, 1.54) is 0 Å². The van der Waals surface area contributed by atoms with E-state index in [2.05, 4.69) is 15.3 Å². The van der Waals surface area contributed by atoms with E-state index in [0.717, 1.165) is 5.84 Å². The highest BCUT2D eigenvalue weighted by molar-refractivity contribution is 5.82. The van der Waals surface area contributed by atoms with Gasteiger partial charge in [0.05, 0.1) is 0 Å². The Morgan fingerprint density at radius 3 is 2.76 bits per heavy atom. The first-order valence-corrected chi connectivity index (χ1v) is 7.13. The van der Waals surface area contributed by atoms with E-state index in [9.17, 15) is 8.78 Å². The van der Waals surface area contributed by atoms with E-state index in [-0.39, 0.29) is 18.8 Å². The van der Waals surface area contributed by atoms with E-state index in [1.807, 2.05) is 4.90 Å². The van der Waals surface area contributed by atoms with E-state index >= 15 is 0 Å². The molecule has 2 aliphatic rings. The Hall–Kier alpha value is -1.73. The Balaban J connectivity index is 1.55. The lowest BCUT2D eigenvalue weighted by Crippen LogP contribution is -2.31. The van der Waals surface area contributed by atoms with Crippen molar-refractivity contribution in [3.05, 3.63) is 11.7 Å². The highest BCUT2D eigenvalue weighted by Gasteiger charge is 2.36. The predicted molar refractivity (Wildman–Crippen MR) is 69.5 cm³/mol. The summed E-state index contributed by atoms with van der Waals surface area (Å²) in [6, 6.07) is 0. The molecule has 116 valence electrons. The van der Waals surface area contributed by atoms with Crippen LogP contribution in [0.3, 0.4) is 0 Å². The summed E-state index contributed by atoms with van der Waals surface area (Å²) in [7, 11) is 0. The summed E-state index contributed by atoms with van der Waals surface area (Å²) in [5.41, 5.74) is 0. The molecule has 8 heteroatoms. The number of hydrogen-bond donors (Lipinski definition) is 0. The van der Waals surface area contributed by atoms with Crippen molar-refractivity contribution >= 4 is 5.84 Å². The molecule has 0 aromatic carbocycles. The maximum Gasteiger partial charge on any atom is 0.248 e. The molecule has 0 bridgehead atoms. The molecule has 1 aliphatic carbocycles. The van der Waals surface area contributed by atoms with E-state index < -0.39 is 5.92 Å². The van der Waals surface area contributed by atoms with E-state index in [4.69, 9.17) is 9.36 Å². The number of oxime groups is 1. The first-order valence-electron chi connectivity index (χ1n) is 7.13. The normalized spacial score (nSPS) is 22.2. The predicted octanol–water partition coefficient (Wildman–Crippen LogP) is 2.70. The number of aromatic nitrogens is 2. The second-order valence-corrected chi connectivity index (χ2v) is 5.70. The van der Waals surface area contributed by atoms with Gasteiger partial charge in [0.25, 0.3) is 0 Å². The van der Waals surface area contributed by atoms with Crippen LogP contribution in [0.25, 0.3) is 0 Å². The van der Waals surface area contributed by atoms with Crippen molar-refractivity contribution in [2.24, 2.45) is 11.1 Å². The van der Waals surface area contributed by atoms with Gasteiger partial charge in [0.2, 0.25) is 11.8 Å². The van der Waals surface area contributed by atoms with Crippen LogP contribution in [-0.4, -0.2) is 33.5 Å². The smallest absolute Gasteiger partial charge is 0.248 e. The summed E-state index contributed by atoms with van der Waals surface area (Å²) in [5.74, 6) is -0.400. The first-order chi connectivity index (χ1) is 10.0. The van der Waals surface area contributed by atoms with Crippen molar-refractivity contribution < 1.29 is 18.1 Å². The molecular formula is C13H18F2N4O2. The van der Waals surface area contributed by atoms with Crippen LogP contribution in [0.15, 0.2) is 9.68 Å². The molecule has 1 aliphatic heterocycles. The van der Waals surface area contributed by atoms with Crippen molar-refractivity contribution in [3.63, 3.8) is 0 Å². The zero-order chi connectivity index (χ0) is 14.9. The molecule has 0 N–H and O–H groups in total. The molecule has 1 fully saturated rings. The molecule has 0 spiro atoms. The monoisotopic (exact) mass is 300 g/mol. The zero-order valence-corrected chi connectivity index (χ0v) is 11.9. The third kappa shape index (κ3) is 3.48. The fourth-order valence-electron chi connectivity index (χ4n) is 2.74. The second kappa shape index (κ2) is 5.57. The van der Waals surface area contributed by atoms with Gasteiger partial charge < -0.3 is 14.3 Å². The molecule has 3 rings (SSSR count). The number of hydrogen-bond acceptors (Lipinski definition) is 6. The van der Waals surface area contributed by atoms with Crippen molar-refractivity contribution in [1.29, 1.82) is 0 Å². The average Bonchev–Trinajstić information content (AvgIpc) is 3.03. The van der Waals surface area contributed by atoms with Crippen LogP contribution >= 0.6 is 0 Å². The van der Waals surface area contributed by atoms with Crippen LogP contribution in [0.4, 0.5) is 8.78 Å². The van der Waals surface area contributed by atoms with Gasteiger partial charge in [-0.1, -0.05) is 10.3 Å². The fourth-order valence-corrected chi connectivity index (χ4v) is 2.74. The van der Waals surface area contributed by atoms with Crippen LogP contribution in [0, 0.1) is 12.8 Å². The lowest BCUT2D eigenvalue weighted by Gasteiger charge is -2.29. The molecule has 0 radical (unpaired) electrons. The van der Waals surface area contributed by atoms with Gasteiger partial charge in [0.15, 0.2) is 12.6 Å². The number of rotatable bonds is 4. The van der Waals surface area contributed by atoms with Gasteiger partial charge >= 0.3 is 0 Å². The molecule has 0 unspecified atom stereocenters. The Bertz CT molecular complexity index is 522. The lowest BCUT2D eigenvalue weighted by atomic mass is 9.84. The molecule has 6 nitrogen and oxygen atoms in total. The number of amidine groups is 1. The average molecular weight is 300 g/mol. The van der Waals surface area contributed by atoms with Crippen LogP contribution in [0.5, 0.6) is 0 Å². The summed E-state index contributed by atoms with van der Waals surface area (Å²) in [6.07, 6.45) is 1.64. The van der Waals surface area contributed by atoms with Crippen LogP contribution in [0.1, 0.15) is 43.8 Å². The van der Waals surface area contributed by atoms with Crippen LogP contribution in [-0.2, 0) is 11.4 Å². The zero-order valence-electron chi connectivity index (χ0n) is 11.9. The molecule has 0 saturated heterocycles. The van der Waals surface area contributed by atoms with Gasteiger partial charge in [-0.15, -0.1) is 0 Å². The van der Waals surface area contributed by atoms with Crippen LogP contribution in [0.2, 0.25) is 0 Å². The number of halogens is 2. The van der Waals surface area contributed by atoms with Gasteiger partial charge in [-0.05, 0) is 25.7 Å². The molecule has 2 heterocycles. The van der Waals surface area contributed by atoms with Gasteiger partial charge in [0.1, 0.15) is 12.4 Å². The maximum absolute atomic E-state index is 13.2. The minimum Gasteiger partial charge on any atom is -0.372 e. The SMILES string of the molecule is Cc1noc(CN2CON=C2CC2CCC(F)(F)CC2)n1. The van der Waals surface area contributed by atoms with Crippen molar-refractivity contribution in [1.82, 2.24) is 15.0 Å². The van der Waals surface area contributed by atoms with Crippen molar-refractivity contribution in [2.45, 2.75) is 51.5 Å². The van der Waals surface area contributed by atoms with Gasteiger partial charge in [-0.2, -0.15) is 4.98 Å². The quantitative estimate of drug-likeness (QED) is 0.855. The third-order valence-corrected chi connectivity index (χ3v) is 3.95. The highest BCUT2D eigenvalue weighted by atomic mass is 19.3.